The first kappa shape index (κ1) is 15.4. The number of imide groups is 1. The van der Waals surface area contributed by atoms with Crippen molar-refractivity contribution < 1.29 is 9.59 Å². The van der Waals surface area contributed by atoms with E-state index in [0.29, 0.717) is 34.7 Å². The molecule has 0 N–H and O–H groups in total. The van der Waals surface area contributed by atoms with Crippen molar-refractivity contribution in [2.24, 2.45) is 0 Å². The van der Waals surface area contributed by atoms with E-state index in [2.05, 4.69) is 69.8 Å². The predicted molar refractivity (Wildman–Crippen MR) is 93.7 cm³/mol. The first-order valence-electron chi connectivity index (χ1n) is 5.66. The number of fused-ring (bicyclic) bond motifs is 1. The molecule has 0 aromatic heterocycles. The molecule has 21 heavy (non-hydrogen) atoms. The van der Waals surface area contributed by atoms with E-state index in [1.54, 1.807) is 24.3 Å². The lowest BCUT2D eigenvalue weighted by Crippen LogP contribution is -2.29. The average Bonchev–Trinajstić information content (AvgIpc) is 2.75. The predicted octanol–water partition coefficient (Wildman–Crippen LogP) is 5.34. The van der Waals surface area contributed by atoms with Gasteiger partial charge in [0.1, 0.15) is 0 Å². The maximum Gasteiger partial charge on any atom is 0.267 e. The van der Waals surface area contributed by atoms with Crippen LogP contribution in [-0.2, 0) is 0 Å². The summed E-state index contributed by atoms with van der Waals surface area (Å²) in [6, 6.07) is 9.54. The van der Waals surface area contributed by atoms with Gasteiger partial charge in [-0.1, -0.05) is 12.1 Å². The SMILES string of the molecule is O=C1c2c(Br)c(Br)c(Br)c(Br)c2C(=O)N1c1cc[c]cc1. The van der Waals surface area contributed by atoms with Gasteiger partial charge in [-0.2, -0.15) is 0 Å². The van der Waals surface area contributed by atoms with Crippen LogP contribution in [0.5, 0.6) is 0 Å². The van der Waals surface area contributed by atoms with Crippen LogP contribution >= 0.6 is 63.7 Å². The Balaban J connectivity index is 2.27. The molecular weight excluding hydrogens is 534 g/mol. The number of amides is 2. The van der Waals surface area contributed by atoms with Gasteiger partial charge in [-0.3, -0.25) is 9.59 Å². The van der Waals surface area contributed by atoms with Crippen LogP contribution in [0, 0.1) is 6.07 Å². The van der Waals surface area contributed by atoms with Crippen molar-refractivity contribution in [3.8, 4) is 0 Å². The Hall–Kier alpha value is -0.500. The molecular formula is C14H4Br4NO2. The third-order valence-corrected chi connectivity index (χ3v) is 7.83. The lowest BCUT2D eigenvalue weighted by Gasteiger charge is -2.13. The Bertz CT molecular complexity index is 743. The molecule has 0 atom stereocenters. The summed E-state index contributed by atoms with van der Waals surface area (Å²) in [4.78, 5) is 26.5. The van der Waals surface area contributed by atoms with Gasteiger partial charge in [-0.25, -0.2) is 4.90 Å². The fourth-order valence-electron chi connectivity index (χ4n) is 2.11. The minimum atomic E-state index is -0.359. The number of benzene rings is 2. The molecule has 0 aliphatic carbocycles. The van der Waals surface area contributed by atoms with Crippen molar-refractivity contribution >= 4 is 81.2 Å². The van der Waals surface area contributed by atoms with Crippen molar-refractivity contribution in [2.45, 2.75) is 0 Å². The maximum atomic E-state index is 12.7. The molecule has 0 unspecified atom stereocenters. The largest absolute Gasteiger partial charge is 0.268 e. The third kappa shape index (κ3) is 2.25. The highest BCUT2D eigenvalue weighted by molar-refractivity contribution is 9.15. The summed E-state index contributed by atoms with van der Waals surface area (Å²) in [5.74, 6) is -0.719. The Morgan fingerprint density at radius 3 is 1.62 bits per heavy atom. The zero-order valence-corrected chi connectivity index (χ0v) is 16.4. The second kappa shape index (κ2) is 5.61. The molecule has 0 fully saturated rings. The molecule has 105 valence electrons. The molecule has 0 saturated heterocycles. The smallest absolute Gasteiger partial charge is 0.267 e. The first-order valence-corrected chi connectivity index (χ1v) is 8.83. The number of carbonyl (C=O) groups excluding carboxylic acids is 2. The van der Waals surface area contributed by atoms with E-state index in [1.165, 1.54) is 0 Å². The van der Waals surface area contributed by atoms with Crippen LogP contribution in [0.25, 0.3) is 0 Å². The van der Waals surface area contributed by atoms with Gasteiger partial charge < -0.3 is 0 Å². The fraction of sp³-hybridized carbons (Fsp3) is 0. The zero-order chi connectivity index (χ0) is 15.3. The van der Waals surface area contributed by atoms with Crippen LogP contribution in [0.15, 0.2) is 42.2 Å². The van der Waals surface area contributed by atoms with Crippen LogP contribution in [0.1, 0.15) is 20.7 Å². The molecule has 1 aliphatic heterocycles. The highest BCUT2D eigenvalue weighted by Crippen LogP contribution is 2.45. The maximum absolute atomic E-state index is 12.7. The van der Waals surface area contributed by atoms with Crippen LogP contribution in [0.2, 0.25) is 0 Å². The number of nitrogens with zero attached hydrogens (tertiary/aromatic N) is 1. The minimum Gasteiger partial charge on any atom is -0.268 e. The Labute approximate surface area is 154 Å². The number of hydrogen-bond acceptors (Lipinski definition) is 2. The molecule has 2 aromatic rings. The molecule has 3 rings (SSSR count). The van der Waals surface area contributed by atoms with Gasteiger partial charge in [-0.15, -0.1) is 0 Å². The molecule has 7 heteroatoms. The number of rotatable bonds is 1. The van der Waals surface area contributed by atoms with Crippen molar-refractivity contribution in [3.05, 3.63) is 59.3 Å². The molecule has 1 heterocycles. The summed E-state index contributed by atoms with van der Waals surface area (Å²) in [6.45, 7) is 0. The van der Waals surface area contributed by atoms with Gasteiger partial charge in [-0.05, 0) is 81.9 Å². The minimum absolute atomic E-state index is 0.342. The van der Waals surface area contributed by atoms with Gasteiger partial charge in [0, 0.05) is 17.9 Å². The van der Waals surface area contributed by atoms with E-state index in [4.69, 9.17) is 0 Å². The second-order valence-electron chi connectivity index (χ2n) is 4.21. The van der Waals surface area contributed by atoms with Crippen LogP contribution in [0.4, 0.5) is 5.69 Å². The molecule has 0 saturated carbocycles. The molecule has 0 bridgehead atoms. The summed E-state index contributed by atoms with van der Waals surface area (Å²) < 4.78 is 2.46. The lowest BCUT2D eigenvalue weighted by atomic mass is 10.1. The fourth-order valence-corrected chi connectivity index (χ4v) is 4.57. The molecule has 1 aliphatic rings. The van der Waals surface area contributed by atoms with E-state index >= 15 is 0 Å². The van der Waals surface area contributed by atoms with E-state index in [1.807, 2.05) is 0 Å². The first-order chi connectivity index (χ1) is 9.95. The van der Waals surface area contributed by atoms with Crippen LogP contribution in [-0.4, -0.2) is 11.8 Å². The number of carbonyl (C=O) groups is 2. The standard InChI is InChI=1S/C14H4Br4NO2/c15-9-7-8(10(16)12(18)11(9)17)14(21)19(13(7)20)6-4-2-1-3-5-6/h2-5H. The molecule has 3 nitrogen and oxygen atoms in total. The highest BCUT2D eigenvalue weighted by atomic mass is 79.9. The van der Waals surface area contributed by atoms with Gasteiger partial charge in [0.25, 0.3) is 11.8 Å². The summed E-state index contributed by atoms with van der Waals surface area (Å²) in [6.07, 6.45) is 0. The Kier molecular flexibility index (Phi) is 4.11. The number of anilines is 1. The molecule has 2 aromatic carbocycles. The van der Waals surface area contributed by atoms with Crippen molar-refractivity contribution in [3.63, 3.8) is 0 Å². The number of hydrogen-bond donors (Lipinski definition) is 0. The zero-order valence-electron chi connectivity index (χ0n) is 10.1. The average molecular weight is 538 g/mol. The Morgan fingerprint density at radius 1 is 0.762 bits per heavy atom. The quantitative estimate of drug-likeness (QED) is 0.280. The van der Waals surface area contributed by atoms with E-state index in [-0.39, 0.29) is 11.8 Å². The normalized spacial score (nSPS) is 13.8. The second-order valence-corrected chi connectivity index (χ2v) is 7.38. The van der Waals surface area contributed by atoms with E-state index in [9.17, 15) is 9.59 Å². The van der Waals surface area contributed by atoms with Crippen LogP contribution < -0.4 is 4.90 Å². The highest BCUT2D eigenvalue weighted by Gasteiger charge is 2.41. The van der Waals surface area contributed by atoms with Crippen molar-refractivity contribution in [2.75, 3.05) is 4.90 Å². The molecule has 2 amide bonds. The number of halogens is 4. The van der Waals surface area contributed by atoms with Gasteiger partial charge >= 0.3 is 0 Å². The van der Waals surface area contributed by atoms with Gasteiger partial charge in [0.2, 0.25) is 0 Å². The van der Waals surface area contributed by atoms with Gasteiger partial charge in [0.15, 0.2) is 0 Å². The summed E-state index contributed by atoms with van der Waals surface area (Å²) >= 11 is 13.6. The van der Waals surface area contributed by atoms with Gasteiger partial charge in [0.05, 0.1) is 16.8 Å². The van der Waals surface area contributed by atoms with Crippen molar-refractivity contribution in [1.29, 1.82) is 0 Å². The molecule has 0 spiro atoms. The monoisotopic (exact) mass is 534 g/mol. The summed E-state index contributed by atoms with van der Waals surface area (Å²) in [5, 5.41) is 0. The molecule has 1 radical (unpaired) electrons. The van der Waals surface area contributed by atoms with E-state index < -0.39 is 0 Å². The lowest BCUT2D eigenvalue weighted by molar-refractivity contribution is 0.0926. The topological polar surface area (TPSA) is 37.4 Å². The Morgan fingerprint density at radius 2 is 1.19 bits per heavy atom. The van der Waals surface area contributed by atoms with Crippen LogP contribution in [0.3, 0.4) is 0 Å². The summed E-state index contributed by atoms with van der Waals surface area (Å²) in [5.41, 5.74) is 1.20. The summed E-state index contributed by atoms with van der Waals surface area (Å²) in [7, 11) is 0. The van der Waals surface area contributed by atoms with E-state index in [0.717, 1.165) is 4.90 Å². The third-order valence-electron chi connectivity index (χ3n) is 3.06. The van der Waals surface area contributed by atoms with Crippen molar-refractivity contribution in [1.82, 2.24) is 0 Å².